The fraction of sp³-hybridized carbons (Fsp3) is 0.385. The maximum Gasteiger partial charge on any atom is 0.207 e. The van der Waals surface area contributed by atoms with E-state index in [0.29, 0.717) is 10.5 Å². The number of para-hydroxylation sites is 1. The van der Waals surface area contributed by atoms with E-state index in [9.17, 15) is 0 Å². The monoisotopic (exact) mass is 279 g/mol. The molecule has 0 fully saturated rings. The molecule has 2 heterocycles. The van der Waals surface area contributed by atoms with Crippen molar-refractivity contribution in [2.24, 2.45) is 0 Å². The SMILES string of the molecule is CC1CCc2ccccc2N1Cc1nnc(Cl)s1. The number of hydrogen-bond acceptors (Lipinski definition) is 4. The third kappa shape index (κ3) is 2.22. The summed E-state index contributed by atoms with van der Waals surface area (Å²) in [6.45, 7) is 3.06. The molecule has 0 bridgehead atoms. The second kappa shape index (κ2) is 4.86. The van der Waals surface area contributed by atoms with Gasteiger partial charge in [0, 0.05) is 11.7 Å². The molecule has 3 rings (SSSR count). The van der Waals surface area contributed by atoms with Crippen LogP contribution in [-0.4, -0.2) is 16.2 Å². The Morgan fingerprint density at radius 1 is 1.39 bits per heavy atom. The van der Waals surface area contributed by atoms with Crippen LogP contribution in [0.4, 0.5) is 5.69 Å². The van der Waals surface area contributed by atoms with E-state index >= 15 is 0 Å². The van der Waals surface area contributed by atoms with Crippen molar-refractivity contribution in [2.75, 3.05) is 4.90 Å². The number of aromatic nitrogens is 2. The molecule has 1 aromatic heterocycles. The highest BCUT2D eigenvalue weighted by Crippen LogP contribution is 2.32. The molecular formula is C13H14ClN3S. The Kier molecular flexibility index (Phi) is 3.22. The smallest absolute Gasteiger partial charge is 0.207 e. The van der Waals surface area contributed by atoms with Gasteiger partial charge in [-0.2, -0.15) is 0 Å². The number of fused-ring (bicyclic) bond motifs is 1. The largest absolute Gasteiger partial charge is 0.362 e. The Labute approximate surface area is 115 Å². The van der Waals surface area contributed by atoms with Gasteiger partial charge in [0.05, 0.1) is 6.54 Å². The fourth-order valence-electron chi connectivity index (χ4n) is 2.44. The maximum atomic E-state index is 5.84. The van der Waals surface area contributed by atoms with Gasteiger partial charge in [0.25, 0.3) is 0 Å². The summed E-state index contributed by atoms with van der Waals surface area (Å²) in [4.78, 5) is 2.40. The van der Waals surface area contributed by atoms with Crippen LogP contribution in [0.3, 0.4) is 0 Å². The molecule has 0 N–H and O–H groups in total. The molecular weight excluding hydrogens is 266 g/mol. The number of nitrogens with zero attached hydrogens (tertiary/aromatic N) is 3. The molecule has 18 heavy (non-hydrogen) atoms. The Morgan fingerprint density at radius 2 is 2.22 bits per heavy atom. The molecule has 0 radical (unpaired) electrons. The molecule has 2 aromatic rings. The summed E-state index contributed by atoms with van der Waals surface area (Å²) in [6.07, 6.45) is 2.34. The van der Waals surface area contributed by atoms with Crippen molar-refractivity contribution in [1.82, 2.24) is 10.2 Å². The Bertz CT molecular complexity index is 555. The van der Waals surface area contributed by atoms with Crippen LogP contribution in [0.1, 0.15) is 23.9 Å². The second-order valence-corrected chi connectivity index (χ2v) is 6.24. The summed E-state index contributed by atoms with van der Waals surface area (Å²) in [5.74, 6) is 0. The van der Waals surface area contributed by atoms with Crippen LogP contribution in [0.5, 0.6) is 0 Å². The predicted molar refractivity (Wildman–Crippen MR) is 75.3 cm³/mol. The molecule has 1 unspecified atom stereocenters. The average molecular weight is 280 g/mol. The van der Waals surface area contributed by atoms with Crippen molar-refractivity contribution in [1.29, 1.82) is 0 Å². The van der Waals surface area contributed by atoms with Crippen LogP contribution >= 0.6 is 22.9 Å². The van der Waals surface area contributed by atoms with Crippen molar-refractivity contribution < 1.29 is 0 Å². The van der Waals surface area contributed by atoms with Crippen LogP contribution in [-0.2, 0) is 13.0 Å². The molecule has 0 saturated carbocycles. The average Bonchev–Trinajstić information content (AvgIpc) is 2.79. The van der Waals surface area contributed by atoms with Crippen molar-refractivity contribution >= 4 is 28.6 Å². The zero-order chi connectivity index (χ0) is 12.5. The number of anilines is 1. The molecule has 0 saturated heterocycles. The van der Waals surface area contributed by atoms with Crippen molar-refractivity contribution in [2.45, 2.75) is 32.4 Å². The van der Waals surface area contributed by atoms with E-state index in [-0.39, 0.29) is 0 Å². The van der Waals surface area contributed by atoms with E-state index in [2.05, 4.69) is 46.3 Å². The van der Waals surface area contributed by atoms with Crippen molar-refractivity contribution in [3.05, 3.63) is 39.3 Å². The quantitative estimate of drug-likeness (QED) is 0.842. The number of halogens is 1. The standard InChI is InChI=1S/C13H14ClN3S/c1-9-6-7-10-4-2-3-5-11(10)17(9)8-12-15-16-13(14)18-12/h2-5,9H,6-8H2,1H3. The Balaban J connectivity index is 1.91. The topological polar surface area (TPSA) is 29.0 Å². The second-order valence-electron chi connectivity index (χ2n) is 4.59. The van der Waals surface area contributed by atoms with Gasteiger partial charge in [-0.05, 0) is 43.0 Å². The van der Waals surface area contributed by atoms with Crippen LogP contribution < -0.4 is 4.90 Å². The Hall–Kier alpha value is -1.13. The lowest BCUT2D eigenvalue weighted by molar-refractivity contribution is 0.558. The molecule has 0 aliphatic carbocycles. The molecule has 1 aliphatic rings. The van der Waals surface area contributed by atoms with Crippen LogP contribution in [0.15, 0.2) is 24.3 Å². The maximum absolute atomic E-state index is 5.84. The summed E-state index contributed by atoms with van der Waals surface area (Å²) in [7, 11) is 0. The van der Waals surface area contributed by atoms with Gasteiger partial charge in [0.15, 0.2) is 0 Å². The van der Waals surface area contributed by atoms with E-state index in [4.69, 9.17) is 11.6 Å². The van der Waals surface area contributed by atoms with Gasteiger partial charge in [0.1, 0.15) is 5.01 Å². The van der Waals surface area contributed by atoms with Crippen LogP contribution in [0.2, 0.25) is 4.47 Å². The zero-order valence-corrected chi connectivity index (χ0v) is 11.7. The molecule has 94 valence electrons. The summed E-state index contributed by atoms with van der Waals surface area (Å²) in [5, 5.41) is 8.96. The first-order valence-corrected chi connectivity index (χ1v) is 7.26. The lowest BCUT2D eigenvalue weighted by Gasteiger charge is -2.36. The molecule has 1 atom stereocenters. The van der Waals surface area contributed by atoms with E-state index in [1.54, 1.807) is 0 Å². The zero-order valence-electron chi connectivity index (χ0n) is 10.1. The molecule has 3 nitrogen and oxygen atoms in total. The van der Waals surface area contributed by atoms with Gasteiger partial charge in [-0.1, -0.05) is 29.5 Å². The number of aryl methyl sites for hydroxylation is 1. The van der Waals surface area contributed by atoms with E-state index in [0.717, 1.165) is 18.0 Å². The minimum Gasteiger partial charge on any atom is -0.362 e. The van der Waals surface area contributed by atoms with E-state index in [1.807, 2.05) is 0 Å². The van der Waals surface area contributed by atoms with Gasteiger partial charge >= 0.3 is 0 Å². The lowest BCUT2D eigenvalue weighted by atomic mass is 9.97. The lowest BCUT2D eigenvalue weighted by Crippen LogP contribution is -2.36. The minimum absolute atomic E-state index is 0.517. The summed E-state index contributed by atoms with van der Waals surface area (Å²) in [6, 6.07) is 9.13. The highest BCUT2D eigenvalue weighted by atomic mass is 35.5. The highest BCUT2D eigenvalue weighted by Gasteiger charge is 2.23. The number of benzene rings is 1. The molecule has 5 heteroatoms. The van der Waals surface area contributed by atoms with Gasteiger partial charge in [-0.3, -0.25) is 0 Å². The van der Waals surface area contributed by atoms with Crippen molar-refractivity contribution in [3.8, 4) is 0 Å². The van der Waals surface area contributed by atoms with Crippen LogP contribution in [0.25, 0.3) is 0 Å². The molecule has 1 aromatic carbocycles. The van der Waals surface area contributed by atoms with Crippen molar-refractivity contribution in [3.63, 3.8) is 0 Å². The van der Waals surface area contributed by atoms with Gasteiger partial charge in [-0.25, -0.2) is 0 Å². The van der Waals surface area contributed by atoms with Crippen LogP contribution in [0, 0.1) is 0 Å². The third-order valence-corrected chi connectivity index (χ3v) is 4.42. The van der Waals surface area contributed by atoms with Gasteiger partial charge in [-0.15, -0.1) is 10.2 Å². The molecule has 0 amide bonds. The number of hydrogen-bond donors (Lipinski definition) is 0. The normalized spacial score (nSPS) is 18.8. The highest BCUT2D eigenvalue weighted by molar-refractivity contribution is 7.15. The van der Waals surface area contributed by atoms with Gasteiger partial charge in [0.2, 0.25) is 4.47 Å². The predicted octanol–water partition coefficient (Wildman–Crippen LogP) is 3.53. The first-order chi connectivity index (χ1) is 8.74. The summed E-state index contributed by atoms with van der Waals surface area (Å²) in [5.41, 5.74) is 2.74. The number of rotatable bonds is 2. The van der Waals surface area contributed by atoms with Gasteiger partial charge < -0.3 is 4.90 Å². The molecule has 0 spiro atoms. The van der Waals surface area contributed by atoms with E-state index < -0.39 is 0 Å². The summed E-state index contributed by atoms with van der Waals surface area (Å²) < 4.78 is 0.517. The first-order valence-electron chi connectivity index (χ1n) is 6.06. The first kappa shape index (κ1) is 11.9. The third-order valence-electron chi connectivity index (χ3n) is 3.41. The Morgan fingerprint density at radius 3 is 3.00 bits per heavy atom. The fourth-order valence-corrected chi connectivity index (χ4v) is 3.31. The minimum atomic E-state index is 0.517. The van der Waals surface area contributed by atoms with E-state index in [1.165, 1.54) is 29.0 Å². The summed E-state index contributed by atoms with van der Waals surface area (Å²) >= 11 is 7.30. The molecule has 1 aliphatic heterocycles.